The van der Waals surface area contributed by atoms with Gasteiger partial charge in [0.2, 0.25) is 0 Å². The van der Waals surface area contributed by atoms with E-state index in [1.54, 1.807) is 25.1 Å². The monoisotopic (exact) mass is 323 g/mol. The fourth-order valence-corrected chi connectivity index (χ4v) is 3.01. The van der Waals surface area contributed by atoms with E-state index in [0.717, 1.165) is 5.56 Å². The minimum Gasteiger partial charge on any atom is -0.508 e. The zero-order valence-electron chi connectivity index (χ0n) is 13.4. The SMILES string of the molecule is Cc1cccc(C(=O)n2c(C)c(CC(=O)O)c3cc(O)ccc32)c1. The van der Waals surface area contributed by atoms with Crippen molar-refractivity contribution < 1.29 is 19.8 Å². The van der Waals surface area contributed by atoms with E-state index in [0.29, 0.717) is 27.7 Å². The molecule has 1 heterocycles. The largest absolute Gasteiger partial charge is 0.508 e. The summed E-state index contributed by atoms with van der Waals surface area (Å²) in [5.41, 5.74) is 3.20. The van der Waals surface area contributed by atoms with Gasteiger partial charge in [0.05, 0.1) is 11.9 Å². The Morgan fingerprint density at radius 3 is 2.50 bits per heavy atom. The molecule has 0 amide bonds. The predicted molar refractivity (Wildman–Crippen MR) is 90.6 cm³/mol. The summed E-state index contributed by atoms with van der Waals surface area (Å²) in [7, 11) is 0. The molecule has 0 bridgehead atoms. The molecule has 0 saturated heterocycles. The Labute approximate surface area is 138 Å². The highest BCUT2D eigenvalue weighted by molar-refractivity contribution is 6.05. The predicted octanol–water partition coefficient (Wildman–Crippen LogP) is 3.28. The zero-order chi connectivity index (χ0) is 17.4. The van der Waals surface area contributed by atoms with Gasteiger partial charge in [-0.25, -0.2) is 0 Å². The van der Waals surface area contributed by atoms with Crippen LogP contribution in [-0.4, -0.2) is 26.7 Å². The number of aromatic hydroxyl groups is 1. The third-order valence-corrected chi connectivity index (χ3v) is 4.11. The van der Waals surface area contributed by atoms with Crippen LogP contribution < -0.4 is 0 Å². The van der Waals surface area contributed by atoms with Crippen molar-refractivity contribution in [2.24, 2.45) is 0 Å². The molecule has 0 aliphatic carbocycles. The lowest BCUT2D eigenvalue weighted by molar-refractivity contribution is -0.136. The fraction of sp³-hybridized carbons (Fsp3) is 0.158. The van der Waals surface area contributed by atoms with Gasteiger partial charge in [-0.05, 0) is 49.7 Å². The van der Waals surface area contributed by atoms with Crippen molar-refractivity contribution in [3.63, 3.8) is 0 Å². The lowest BCUT2D eigenvalue weighted by Gasteiger charge is -2.08. The molecule has 1 aromatic heterocycles. The molecule has 2 aromatic carbocycles. The molecular formula is C19H17NO4. The van der Waals surface area contributed by atoms with E-state index < -0.39 is 5.97 Å². The molecule has 0 saturated carbocycles. The first-order chi connectivity index (χ1) is 11.4. The number of carbonyl (C=O) groups is 2. The molecule has 0 radical (unpaired) electrons. The summed E-state index contributed by atoms with van der Waals surface area (Å²) in [5.74, 6) is -1.17. The molecule has 0 spiro atoms. The van der Waals surface area contributed by atoms with Crippen LogP contribution in [0.2, 0.25) is 0 Å². The number of hydrogen-bond donors (Lipinski definition) is 2. The Hall–Kier alpha value is -3.08. The fourth-order valence-electron chi connectivity index (χ4n) is 3.01. The highest BCUT2D eigenvalue weighted by atomic mass is 16.4. The van der Waals surface area contributed by atoms with Crippen molar-refractivity contribution >= 4 is 22.8 Å². The second kappa shape index (κ2) is 5.85. The van der Waals surface area contributed by atoms with Gasteiger partial charge >= 0.3 is 5.97 Å². The quantitative estimate of drug-likeness (QED) is 0.775. The van der Waals surface area contributed by atoms with E-state index in [1.165, 1.54) is 16.7 Å². The number of carboxylic acid groups (broad SMARTS) is 1. The Bertz CT molecular complexity index is 969. The molecule has 3 aromatic rings. The van der Waals surface area contributed by atoms with E-state index in [1.807, 2.05) is 19.1 Å². The molecule has 0 fully saturated rings. The van der Waals surface area contributed by atoms with Crippen LogP contribution in [0.4, 0.5) is 0 Å². The van der Waals surface area contributed by atoms with Crippen LogP contribution in [0.1, 0.15) is 27.2 Å². The van der Waals surface area contributed by atoms with Gasteiger partial charge in [-0.3, -0.25) is 14.2 Å². The summed E-state index contributed by atoms with van der Waals surface area (Å²) in [6.45, 7) is 3.63. The number of fused-ring (bicyclic) bond motifs is 1. The normalized spacial score (nSPS) is 10.9. The van der Waals surface area contributed by atoms with Gasteiger partial charge in [0.1, 0.15) is 5.75 Å². The number of phenols is 1. The van der Waals surface area contributed by atoms with Gasteiger partial charge in [-0.15, -0.1) is 0 Å². The van der Waals surface area contributed by atoms with E-state index in [2.05, 4.69) is 0 Å². The first-order valence-corrected chi connectivity index (χ1v) is 7.54. The van der Waals surface area contributed by atoms with Gasteiger partial charge < -0.3 is 10.2 Å². The summed E-state index contributed by atoms with van der Waals surface area (Å²) >= 11 is 0. The zero-order valence-corrected chi connectivity index (χ0v) is 13.4. The molecule has 0 atom stereocenters. The maximum absolute atomic E-state index is 13.0. The van der Waals surface area contributed by atoms with Crippen LogP contribution in [0, 0.1) is 13.8 Å². The summed E-state index contributed by atoms with van der Waals surface area (Å²) in [4.78, 5) is 24.2. The van der Waals surface area contributed by atoms with Gasteiger partial charge in [0, 0.05) is 16.6 Å². The second-order valence-electron chi connectivity index (χ2n) is 5.85. The Morgan fingerprint density at radius 2 is 1.83 bits per heavy atom. The minimum atomic E-state index is -0.983. The summed E-state index contributed by atoms with van der Waals surface area (Å²) in [6.07, 6.45) is -0.208. The molecule has 5 heteroatoms. The summed E-state index contributed by atoms with van der Waals surface area (Å²) in [5, 5.41) is 19.5. The number of rotatable bonds is 3. The highest BCUT2D eigenvalue weighted by Crippen LogP contribution is 2.30. The number of hydrogen-bond acceptors (Lipinski definition) is 3. The average molecular weight is 323 g/mol. The van der Waals surface area contributed by atoms with Crippen molar-refractivity contribution in [1.29, 1.82) is 0 Å². The molecule has 3 rings (SSSR count). The van der Waals surface area contributed by atoms with Crippen LogP contribution in [0.25, 0.3) is 10.9 Å². The Balaban J connectivity index is 2.26. The second-order valence-corrected chi connectivity index (χ2v) is 5.85. The minimum absolute atomic E-state index is 0.0364. The lowest BCUT2D eigenvalue weighted by atomic mass is 10.1. The van der Waals surface area contributed by atoms with Crippen LogP contribution in [0.15, 0.2) is 42.5 Å². The molecular weight excluding hydrogens is 306 g/mol. The van der Waals surface area contributed by atoms with Crippen molar-refractivity contribution in [2.75, 3.05) is 0 Å². The molecule has 2 N–H and O–H groups in total. The number of carboxylic acids is 1. The summed E-state index contributed by atoms with van der Waals surface area (Å²) < 4.78 is 1.52. The maximum Gasteiger partial charge on any atom is 0.307 e. The number of benzene rings is 2. The summed E-state index contributed by atoms with van der Waals surface area (Å²) in [6, 6.07) is 11.9. The van der Waals surface area contributed by atoms with E-state index >= 15 is 0 Å². The average Bonchev–Trinajstić information content (AvgIpc) is 2.78. The Morgan fingerprint density at radius 1 is 1.08 bits per heavy atom. The van der Waals surface area contributed by atoms with Crippen molar-refractivity contribution in [3.8, 4) is 5.75 Å². The number of aryl methyl sites for hydroxylation is 1. The maximum atomic E-state index is 13.0. The first kappa shape index (κ1) is 15.8. The van der Waals surface area contributed by atoms with Gasteiger partial charge in [-0.2, -0.15) is 0 Å². The van der Waals surface area contributed by atoms with E-state index in [4.69, 9.17) is 5.11 Å². The number of nitrogens with zero attached hydrogens (tertiary/aromatic N) is 1. The van der Waals surface area contributed by atoms with Crippen molar-refractivity contribution in [2.45, 2.75) is 20.3 Å². The number of carbonyl (C=O) groups excluding carboxylic acids is 1. The standard InChI is InChI=1S/C19H17NO4/c1-11-4-3-5-13(8-11)19(24)20-12(2)15(10-18(22)23)16-9-14(21)6-7-17(16)20/h3-9,21H,10H2,1-2H3,(H,22,23). The highest BCUT2D eigenvalue weighted by Gasteiger charge is 2.21. The molecule has 122 valence electrons. The van der Waals surface area contributed by atoms with Crippen LogP contribution in [-0.2, 0) is 11.2 Å². The first-order valence-electron chi connectivity index (χ1n) is 7.54. The number of aliphatic carboxylic acids is 1. The molecule has 24 heavy (non-hydrogen) atoms. The van der Waals surface area contributed by atoms with Gasteiger partial charge in [0.15, 0.2) is 0 Å². The molecule has 0 unspecified atom stereocenters. The van der Waals surface area contributed by atoms with Gasteiger partial charge in [-0.1, -0.05) is 17.7 Å². The van der Waals surface area contributed by atoms with E-state index in [-0.39, 0.29) is 18.1 Å². The van der Waals surface area contributed by atoms with Crippen molar-refractivity contribution in [3.05, 3.63) is 64.8 Å². The molecule has 0 aliphatic heterocycles. The van der Waals surface area contributed by atoms with Gasteiger partial charge in [0.25, 0.3) is 5.91 Å². The lowest BCUT2D eigenvalue weighted by Crippen LogP contribution is -2.14. The number of phenolic OH excluding ortho intramolecular Hbond substituents is 1. The third kappa shape index (κ3) is 2.65. The van der Waals surface area contributed by atoms with Crippen LogP contribution in [0.5, 0.6) is 5.75 Å². The third-order valence-electron chi connectivity index (χ3n) is 4.11. The topological polar surface area (TPSA) is 79.5 Å². The molecule has 5 nitrogen and oxygen atoms in total. The van der Waals surface area contributed by atoms with Crippen LogP contribution >= 0.6 is 0 Å². The van der Waals surface area contributed by atoms with E-state index in [9.17, 15) is 14.7 Å². The number of aromatic nitrogens is 1. The van der Waals surface area contributed by atoms with Crippen LogP contribution in [0.3, 0.4) is 0 Å². The van der Waals surface area contributed by atoms with Crippen molar-refractivity contribution in [1.82, 2.24) is 4.57 Å². The Kier molecular flexibility index (Phi) is 3.85. The molecule has 0 aliphatic rings. The smallest absolute Gasteiger partial charge is 0.307 e.